The summed E-state index contributed by atoms with van der Waals surface area (Å²) in [6.07, 6.45) is 1.75. The van der Waals surface area contributed by atoms with Gasteiger partial charge in [0.05, 0.1) is 0 Å². The van der Waals surface area contributed by atoms with Crippen molar-refractivity contribution in [2.75, 3.05) is 0 Å². The minimum Gasteiger partial charge on any atom is -0.361 e. The number of aromatic nitrogens is 1. The van der Waals surface area contributed by atoms with Crippen LogP contribution in [0.4, 0.5) is 3.89 Å². The first-order valence-electron chi connectivity index (χ1n) is 4.03. The Hall–Kier alpha value is -1.36. The van der Waals surface area contributed by atoms with Crippen molar-refractivity contribution in [3.05, 3.63) is 36.0 Å². The Morgan fingerprint density at radius 3 is 2.79 bits per heavy atom. The fraction of sp³-hybridized carbons (Fsp3) is 0.111. The third-order valence-electron chi connectivity index (χ3n) is 1.96. The molecule has 0 bridgehead atoms. The minimum atomic E-state index is -4.44. The van der Waals surface area contributed by atoms with Crippen molar-refractivity contribution in [1.29, 1.82) is 0 Å². The highest BCUT2D eigenvalue weighted by Gasteiger charge is 2.08. The van der Waals surface area contributed by atoms with Crippen LogP contribution in [0, 0.1) is 0 Å². The highest BCUT2D eigenvalue weighted by Crippen LogP contribution is 2.16. The Kier molecular flexibility index (Phi) is 2.03. The summed E-state index contributed by atoms with van der Waals surface area (Å²) < 4.78 is 33.2. The lowest BCUT2D eigenvalue weighted by Gasteiger charge is -1.97. The minimum absolute atomic E-state index is 0.458. The molecule has 1 aromatic heterocycles. The SMILES string of the molecule is O=S(=O)(F)Cc1ccc2[nH]ccc2c1. The van der Waals surface area contributed by atoms with E-state index in [1.165, 1.54) is 0 Å². The zero-order valence-electron chi connectivity index (χ0n) is 7.20. The van der Waals surface area contributed by atoms with Crippen molar-refractivity contribution in [3.63, 3.8) is 0 Å². The van der Waals surface area contributed by atoms with E-state index in [-0.39, 0.29) is 0 Å². The number of nitrogens with one attached hydrogen (secondary N) is 1. The van der Waals surface area contributed by atoms with E-state index in [9.17, 15) is 12.3 Å². The molecule has 0 aliphatic rings. The van der Waals surface area contributed by atoms with Gasteiger partial charge in [-0.2, -0.15) is 8.42 Å². The summed E-state index contributed by atoms with van der Waals surface area (Å²) in [7, 11) is -4.44. The van der Waals surface area contributed by atoms with Gasteiger partial charge in [0, 0.05) is 11.7 Å². The molecule has 0 amide bonds. The van der Waals surface area contributed by atoms with Crippen molar-refractivity contribution in [1.82, 2.24) is 4.98 Å². The van der Waals surface area contributed by atoms with Gasteiger partial charge in [-0.25, -0.2) is 0 Å². The molecule has 2 aromatic rings. The van der Waals surface area contributed by atoms with Crippen molar-refractivity contribution in [2.24, 2.45) is 0 Å². The number of hydrogen-bond acceptors (Lipinski definition) is 2. The van der Waals surface area contributed by atoms with Crippen LogP contribution in [0.1, 0.15) is 5.56 Å². The van der Waals surface area contributed by atoms with Gasteiger partial charge < -0.3 is 4.98 Å². The molecule has 0 saturated carbocycles. The van der Waals surface area contributed by atoms with Gasteiger partial charge in [-0.15, -0.1) is 3.89 Å². The van der Waals surface area contributed by atoms with Crippen LogP contribution in [0.3, 0.4) is 0 Å². The molecule has 0 aliphatic heterocycles. The van der Waals surface area contributed by atoms with Crippen molar-refractivity contribution in [2.45, 2.75) is 5.75 Å². The monoisotopic (exact) mass is 213 g/mol. The molecule has 1 aromatic carbocycles. The van der Waals surface area contributed by atoms with Crippen LogP contribution >= 0.6 is 0 Å². The number of aromatic amines is 1. The topological polar surface area (TPSA) is 49.9 Å². The second-order valence-electron chi connectivity index (χ2n) is 3.08. The zero-order chi connectivity index (χ0) is 10.2. The summed E-state index contributed by atoms with van der Waals surface area (Å²) in [6, 6.07) is 6.79. The molecule has 74 valence electrons. The predicted molar refractivity (Wildman–Crippen MR) is 52.0 cm³/mol. The zero-order valence-corrected chi connectivity index (χ0v) is 8.01. The standard InChI is InChI=1S/C9H8FNO2S/c10-14(12,13)6-7-1-2-9-8(5-7)3-4-11-9/h1-5,11H,6H2. The van der Waals surface area contributed by atoms with Crippen LogP contribution in [0.15, 0.2) is 30.5 Å². The molecule has 0 radical (unpaired) electrons. The molecule has 1 heterocycles. The first-order chi connectivity index (χ1) is 6.54. The Labute approximate surface area is 80.8 Å². The van der Waals surface area contributed by atoms with Crippen LogP contribution in [-0.2, 0) is 16.0 Å². The molecule has 0 spiro atoms. The molecular formula is C9H8FNO2S. The number of H-pyrrole nitrogens is 1. The molecule has 0 unspecified atom stereocenters. The Bertz CT molecular complexity index is 559. The molecule has 0 fully saturated rings. The third-order valence-corrected chi connectivity index (χ3v) is 2.63. The number of rotatable bonds is 2. The fourth-order valence-electron chi connectivity index (χ4n) is 1.39. The molecule has 14 heavy (non-hydrogen) atoms. The Balaban J connectivity index is 2.44. The van der Waals surface area contributed by atoms with Gasteiger partial charge in [-0.1, -0.05) is 6.07 Å². The Morgan fingerprint density at radius 2 is 2.07 bits per heavy atom. The molecule has 0 aliphatic carbocycles. The maximum absolute atomic E-state index is 12.4. The highest BCUT2D eigenvalue weighted by molar-refractivity contribution is 7.85. The number of benzene rings is 1. The van der Waals surface area contributed by atoms with Gasteiger partial charge in [-0.3, -0.25) is 0 Å². The van der Waals surface area contributed by atoms with Gasteiger partial charge in [0.25, 0.3) is 0 Å². The van der Waals surface area contributed by atoms with E-state index >= 15 is 0 Å². The van der Waals surface area contributed by atoms with Gasteiger partial charge >= 0.3 is 10.2 Å². The van der Waals surface area contributed by atoms with E-state index in [2.05, 4.69) is 4.98 Å². The predicted octanol–water partition coefficient (Wildman–Crippen LogP) is 1.97. The van der Waals surface area contributed by atoms with E-state index in [0.717, 1.165) is 10.9 Å². The van der Waals surface area contributed by atoms with E-state index in [4.69, 9.17) is 0 Å². The fourth-order valence-corrected chi connectivity index (χ4v) is 1.97. The maximum atomic E-state index is 12.4. The summed E-state index contributed by atoms with van der Waals surface area (Å²) in [5.41, 5.74) is 1.37. The Morgan fingerprint density at radius 1 is 1.29 bits per heavy atom. The van der Waals surface area contributed by atoms with E-state index in [1.54, 1.807) is 24.4 Å². The second kappa shape index (κ2) is 3.09. The van der Waals surface area contributed by atoms with Crippen LogP contribution < -0.4 is 0 Å². The summed E-state index contributed by atoms with van der Waals surface area (Å²) in [5.74, 6) is -0.561. The van der Waals surface area contributed by atoms with Crippen LogP contribution in [0.5, 0.6) is 0 Å². The smallest absolute Gasteiger partial charge is 0.306 e. The van der Waals surface area contributed by atoms with Crippen molar-refractivity contribution >= 4 is 21.1 Å². The van der Waals surface area contributed by atoms with Gasteiger partial charge in [0.15, 0.2) is 0 Å². The number of halogens is 1. The average Bonchev–Trinajstić information content (AvgIpc) is 2.47. The lowest BCUT2D eigenvalue weighted by atomic mass is 10.2. The first kappa shape index (κ1) is 9.21. The summed E-state index contributed by atoms with van der Waals surface area (Å²) in [4.78, 5) is 2.97. The average molecular weight is 213 g/mol. The normalized spacial score (nSPS) is 12.1. The second-order valence-corrected chi connectivity index (χ2v) is 4.45. The van der Waals surface area contributed by atoms with Crippen LogP contribution in [0.25, 0.3) is 10.9 Å². The van der Waals surface area contributed by atoms with Crippen LogP contribution in [0.2, 0.25) is 0 Å². The largest absolute Gasteiger partial charge is 0.361 e. The van der Waals surface area contributed by atoms with E-state index in [1.807, 2.05) is 6.07 Å². The summed E-state index contributed by atoms with van der Waals surface area (Å²) in [5, 5.41) is 0.881. The molecule has 5 heteroatoms. The third kappa shape index (κ3) is 1.93. The molecule has 3 nitrogen and oxygen atoms in total. The quantitative estimate of drug-likeness (QED) is 0.775. The van der Waals surface area contributed by atoms with Gasteiger partial charge in [0.2, 0.25) is 0 Å². The van der Waals surface area contributed by atoms with Gasteiger partial charge in [0.1, 0.15) is 5.75 Å². The van der Waals surface area contributed by atoms with E-state index < -0.39 is 16.0 Å². The van der Waals surface area contributed by atoms with E-state index in [0.29, 0.717) is 5.56 Å². The van der Waals surface area contributed by atoms with Crippen molar-refractivity contribution in [3.8, 4) is 0 Å². The van der Waals surface area contributed by atoms with Crippen LogP contribution in [-0.4, -0.2) is 13.4 Å². The number of hydrogen-bond donors (Lipinski definition) is 1. The molecular weight excluding hydrogens is 205 g/mol. The molecule has 0 saturated heterocycles. The maximum Gasteiger partial charge on any atom is 0.306 e. The lowest BCUT2D eigenvalue weighted by molar-refractivity contribution is 0.551. The first-order valence-corrected chi connectivity index (χ1v) is 5.58. The highest BCUT2D eigenvalue weighted by atomic mass is 32.3. The van der Waals surface area contributed by atoms with Gasteiger partial charge in [-0.05, 0) is 29.1 Å². The summed E-state index contributed by atoms with van der Waals surface area (Å²) in [6.45, 7) is 0. The molecule has 1 N–H and O–H groups in total. The molecule has 0 atom stereocenters. The van der Waals surface area contributed by atoms with Crippen molar-refractivity contribution < 1.29 is 12.3 Å². The summed E-state index contributed by atoms with van der Waals surface area (Å²) >= 11 is 0. The number of fused-ring (bicyclic) bond motifs is 1. The lowest BCUT2D eigenvalue weighted by Crippen LogP contribution is -1.95. The molecule has 2 rings (SSSR count).